The zero-order chi connectivity index (χ0) is 41.0. The van der Waals surface area contributed by atoms with Crippen LogP contribution in [0.3, 0.4) is 0 Å². The summed E-state index contributed by atoms with van der Waals surface area (Å²) in [6.07, 6.45) is 3.60. The predicted octanol–water partition coefficient (Wildman–Crippen LogP) is 13.2. The Morgan fingerprint density at radius 1 is 0.274 bits per heavy atom. The smallest absolute Gasteiger partial charge is 0.238 e. The van der Waals surface area contributed by atoms with Crippen LogP contribution in [0.1, 0.15) is 0 Å². The Balaban J connectivity index is 1.19. The van der Waals surface area contributed by atoms with E-state index >= 15 is 0 Å². The molecule has 7 heteroatoms. The molecule has 0 bridgehead atoms. The Hall–Kier alpha value is -8.55. The number of hydrogen-bond donors (Lipinski definition) is 0. The van der Waals surface area contributed by atoms with E-state index in [0.29, 0.717) is 23.5 Å². The molecule has 0 spiro atoms. The average Bonchev–Trinajstić information content (AvgIpc) is 3.87. The van der Waals surface area contributed by atoms with Crippen LogP contribution in [-0.2, 0) is 0 Å². The van der Waals surface area contributed by atoms with Crippen LogP contribution in [0.15, 0.2) is 213 Å². The Kier molecular flexibility index (Phi) is 8.35. The summed E-state index contributed by atoms with van der Waals surface area (Å²) in [4.78, 5) is 25.6. The number of benzene rings is 8. The molecule has 8 aromatic carbocycles. The average molecular weight is 794 g/mol. The lowest BCUT2D eigenvalue weighted by Crippen LogP contribution is -2.07. The van der Waals surface area contributed by atoms with Crippen LogP contribution >= 0.6 is 0 Å². The van der Waals surface area contributed by atoms with E-state index in [1.54, 1.807) is 12.4 Å². The van der Waals surface area contributed by atoms with Crippen molar-refractivity contribution in [3.8, 4) is 68.1 Å². The maximum atomic E-state index is 5.37. The van der Waals surface area contributed by atoms with Crippen LogP contribution in [0.2, 0.25) is 0 Å². The lowest BCUT2D eigenvalue weighted by Gasteiger charge is -2.13. The van der Waals surface area contributed by atoms with Crippen molar-refractivity contribution in [2.45, 2.75) is 0 Å². The zero-order valence-electron chi connectivity index (χ0n) is 33.3. The predicted molar refractivity (Wildman–Crippen MR) is 251 cm³/mol. The van der Waals surface area contributed by atoms with Gasteiger partial charge in [0.05, 0.1) is 22.1 Å². The van der Waals surface area contributed by atoms with Crippen LogP contribution in [0.4, 0.5) is 0 Å². The monoisotopic (exact) mass is 793 g/mol. The van der Waals surface area contributed by atoms with Crippen LogP contribution in [0, 0.1) is 0 Å². The number of nitrogens with zero attached hydrogens (tertiary/aromatic N) is 7. The molecule has 0 atom stereocenters. The van der Waals surface area contributed by atoms with Gasteiger partial charge < -0.3 is 0 Å². The number of hydrogen-bond acceptors (Lipinski definition) is 5. The summed E-state index contributed by atoms with van der Waals surface area (Å²) in [5.74, 6) is 2.25. The number of aromatic nitrogens is 7. The molecule has 0 fully saturated rings. The van der Waals surface area contributed by atoms with Crippen molar-refractivity contribution in [3.05, 3.63) is 213 Å². The SMILES string of the molecule is c1ccc(-c2ccc(-c3nc(-c4ccccc4)nc(-n4c5ccc(-c6ccccc6)cc5c5ccc6c7cc(-c8ccccc8)ccc7n(-c7ncccn7)c6c54)n3)cc2)cc1. The molecule has 0 aliphatic rings. The van der Waals surface area contributed by atoms with Crippen LogP contribution in [0.25, 0.3) is 112 Å². The second kappa shape index (κ2) is 14.6. The zero-order valence-corrected chi connectivity index (χ0v) is 33.3. The van der Waals surface area contributed by atoms with E-state index in [0.717, 1.165) is 88.1 Å². The molecule has 0 saturated carbocycles. The van der Waals surface area contributed by atoms with Gasteiger partial charge in [0.1, 0.15) is 0 Å². The summed E-state index contributed by atoms with van der Waals surface area (Å²) >= 11 is 0. The van der Waals surface area contributed by atoms with Gasteiger partial charge in [-0.1, -0.05) is 170 Å². The van der Waals surface area contributed by atoms with Crippen molar-refractivity contribution in [2.75, 3.05) is 0 Å². The molecular weight excluding hydrogens is 759 g/mol. The van der Waals surface area contributed by atoms with E-state index in [2.05, 4.69) is 167 Å². The van der Waals surface area contributed by atoms with Gasteiger partial charge in [-0.3, -0.25) is 9.13 Å². The minimum Gasteiger partial charge on any atom is -0.276 e. The molecule has 4 heterocycles. The molecule has 0 saturated heterocycles. The highest BCUT2D eigenvalue weighted by molar-refractivity contribution is 6.24. The summed E-state index contributed by atoms with van der Waals surface area (Å²) in [7, 11) is 0. The maximum absolute atomic E-state index is 5.37. The Labute approximate surface area is 356 Å². The molecule has 12 rings (SSSR count). The lowest BCUT2D eigenvalue weighted by atomic mass is 10.0. The fraction of sp³-hybridized carbons (Fsp3) is 0. The molecule has 12 aromatic rings. The van der Waals surface area contributed by atoms with E-state index in [-0.39, 0.29) is 0 Å². The van der Waals surface area contributed by atoms with Crippen molar-refractivity contribution < 1.29 is 0 Å². The largest absolute Gasteiger partial charge is 0.276 e. The van der Waals surface area contributed by atoms with Gasteiger partial charge in [-0.25, -0.2) is 15.0 Å². The third-order valence-electron chi connectivity index (χ3n) is 11.7. The second-order valence-corrected chi connectivity index (χ2v) is 15.4. The van der Waals surface area contributed by atoms with Gasteiger partial charge in [-0.05, 0) is 63.7 Å². The molecule has 62 heavy (non-hydrogen) atoms. The van der Waals surface area contributed by atoms with Crippen molar-refractivity contribution >= 4 is 43.6 Å². The number of fused-ring (bicyclic) bond motifs is 7. The molecule has 0 aliphatic heterocycles. The van der Waals surface area contributed by atoms with Gasteiger partial charge in [0.25, 0.3) is 0 Å². The van der Waals surface area contributed by atoms with Crippen LogP contribution < -0.4 is 0 Å². The first-order valence-electron chi connectivity index (χ1n) is 20.7. The molecule has 0 radical (unpaired) electrons. The summed E-state index contributed by atoms with van der Waals surface area (Å²) < 4.78 is 4.41. The summed E-state index contributed by atoms with van der Waals surface area (Å²) in [5.41, 5.74) is 12.5. The van der Waals surface area contributed by atoms with Crippen molar-refractivity contribution in [1.29, 1.82) is 0 Å². The Morgan fingerprint density at radius 3 is 1.13 bits per heavy atom. The first-order chi connectivity index (χ1) is 30.7. The van der Waals surface area contributed by atoms with E-state index in [4.69, 9.17) is 24.9 Å². The van der Waals surface area contributed by atoms with E-state index in [1.165, 1.54) is 0 Å². The van der Waals surface area contributed by atoms with Gasteiger partial charge >= 0.3 is 0 Å². The molecule has 290 valence electrons. The highest BCUT2D eigenvalue weighted by Gasteiger charge is 2.25. The summed E-state index contributed by atoms with van der Waals surface area (Å²) in [5, 5.41) is 4.30. The van der Waals surface area contributed by atoms with Gasteiger partial charge in [0.15, 0.2) is 11.6 Å². The van der Waals surface area contributed by atoms with Crippen LogP contribution in [-0.4, -0.2) is 34.1 Å². The summed E-state index contributed by atoms with van der Waals surface area (Å²) in [6, 6.07) is 69.7. The maximum Gasteiger partial charge on any atom is 0.238 e. The van der Waals surface area contributed by atoms with Crippen molar-refractivity contribution in [2.24, 2.45) is 0 Å². The summed E-state index contributed by atoms with van der Waals surface area (Å²) in [6.45, 7) is 0. The van der Waals surface area contributed by atoms with Crippen LogP contribution in [0.5, 0.6) is 0 Å². The minimum absolute atomic E-state index is 0.511. The molecule has 0 unspecified atom stereocenters. The third-order valence-corrected chi connectivity index (χ3v) is 11.7. The van der Waals surface area contributed by atoms with Gasteiger partial charge in [0, 0.05) is 45.1 Å². The third kappa shape index (κ3) is 5.94. The van der Waals surface area contributed by atoms with Crippen molar-refractivity contribution in [3.63, 3.8) is 0 Å². The fourth-order valence-electron chi connectivity index (χ4n) is 8.80. The Bertz CT molecular complexity index is 3590. The molecule has 0 amide bonds. The molecule has 7 nitrogen and oxygen atoms in total. The van der Waals surface area contributed by atoms with Crippen molar-refractivity contribution in [1.82, 2.24) is 34.1 Å². The highest BCUT2D eigenvalue weighted by atomic mass is 15.2. The van der Waals surface area contributed by atoms with E-state index in [9.17, 15) is 0 Å². The first-order valence-corrected chi connectivity index (χ1v) is 20.7. The molecule has 4 aromatic heterocycles. The normalized spacial score (nSPS) is 11.5. The lowest BCUT2D eigenvalue weighted by molar-refractivity contribution is 0.949. The van der Waals surface area contributed by atoms with E-state index in [1.807, 2.05) is 42.5 Å². The molecule has 0 N–H and O–H groups in total. The Morgan fingerprint density at radius 2 is 0.645 bits per heavy atom. The second-order valence-electron chi connectivity index (χ2n) is 15.4. The standard InChI is InChI=1S/C55H35N7/c1-5-14-36(15-6-1)39-22-24-41(25-23-39)53-58-52(40-20-11-4-12-21-40)59-55(60-53)62-49-31-27-43(38-18-9-3-10-19-38)35-47(49)45-29-28-44-46-34-42(37-16-7-2-8-17-37)26-30-48(46)61(50(44)51(45)62)54-56-32-13-33-57-54/h1-35H. The topological polar surface area (TPSA) is 74.3 Å². The quantitative estimate of drug-likeness (QED) is 0.161. The highest BCUT2D eigenvalue weighted by Crippen LogP contribution is 2.43. The number of rotatable bonds is 7. The van der Waals surface area contributed by atoms with Gasteiger partial charge in [0.2, 0.25) is 11.9 Å². The fourth-order valence-corrected chi connectivity index (χ4v) is 8.80. The molecule has 0 aliphatic carbocycles. The van der Waals surface area contributed by atoms with Gasteiger partial charge in [-0.2, -0.15) is 9.97 Å². The van der Waals surface area contributed by atoms with Gasteiger partial charge in [-0.15, -0.1) is 0 Å². The first kappa shape index (κ1) is 35.4. The minimum atomic E-state index is 0.511. The molecular formula is C55H35N7. The van der Waals surface area contributed by atoms with E-state index < -0.39 is 0 Å².